The largest absolute Gasteiger partial charge is 0.486 e. The number of benzene rings is 4. The van der Waals surface area contributed by atoms with E-state index in [0.29, 0.717) is 18.2 Å². The van der Waals surface area contributed by atoms with E-state index in [-0.39, 0.29) is 18.5 Å². The number of hydrogen-bond donors (Lipinski definition) is 0. The molecule has 5 rings (SSSR count). The van der Waals surface area contributed by atoms with Gasteiger partial charge in [0.1, 0.15) is 11.9 Å². The van der Waals surface area contributed by atoms with Gasteiger partial charge in [0.25, 0.3) is 0 Å². The molecule has 196 valence electrons. The van der Waals surface area contributed by atoms with Crippen molar-refractivity contribution in [2.45, 2.75) is 38.2 Å². The lowest BCUT2D eigenvalue weighted by Gasteiger charge is -2.36. The summed E-state index contributed by atoms with van der Waals surface area (Å²) in [7, 11) is 1.27. The Labute approximate surface area is 222 Å². The minimum absolute atomic E-state index is 0.0114. The zero-order chi connectivity index (χ0) is 26.5. The van der Waals surface area contributed by atoms with Gasteiger partial charge in [-0.1, -0.05) is 67.6 Å². The average molecular weight is 514 g/mol. The molecule has 4 aromatic carbocycles. The molecule has 1 aliphatic rings. The Bertz CT molecular complexity index is 1420. The summed E-state index contributed by atoms with van der Waals surface area (Å²) in [6, 6.07) is 27.7. The minimum Gasteiger partial charge on any atom is -0.486 e. The van der Waals surface area contributed by atoms with Gasteiger partial charge in [-0.25, -0.2) is 9.18 Å². The second-order valence-electron chi connectivity index (χ2n) is 9.67. The van der Waals surface area contributed by atoms with Crippen molar-refractivity contribution in [2.24, 2.45) is 0 Å². The molecule has 1 unspecified atom stereocenters. The number of para-hydroxylation sites is 2. The molecular weight excluding hydrogens is 481 g/mol. The van der Waals surface area contributed by atoms with Crippen LogP contribution in [0.3, 0.4) is 0 Å². The van der Waals surface area contributed by atoms with E-state index < -0.39 is 11.8 Å². The number of methoxy groups -OCH3 is 1. The lowest BCUT2D eigenvalue weighted by molar-refractivity contribution is -0.142. The predicted molar refractivity (Wildman–Crippen MR) is 148 cm³/mol. The van der Waals surface area contributed by atoms with Gasteiger partial charge in [-0.3, -0.25) is 0 Å². The molecule has 0 fully saturated rings. The molecule has 2 atom stereocenters. The van der Waals surface area contributed by atoms with Crippen LogP contribution in [0.25, 0.3) is 10.8 Å². The number of esters is 1. The third kappa shape index (κ3) is 5.44. The Morgan fingerprint density at radius 3 is 2.61 bits per heavy atom. The Kier molecular flexibility index (Phi) is 7.78. The fraction of sp³-hybridized carbons (Fsp3) is 0.281. The number of carbonyl (C=O) groups is 1. The topological polar surface area (TPSA) is 48.0 Å². The summed E-state index contributed by atoms with van der Waals surface area (Å²) in [6.45, 7) is 2.44. The lowest BCUT2D eigenvalue weighted by atomic mass is 9.90. The highest BCUT2D eigenvalue weighted by Gasteiger charge is 2.29. The van der Waals surface area contributed by atoms with Crippen molar-refractivity contribution in [1.82, 2.24) is 0 Å². The molecule has 1 heterocycles. The Morgan fingerprint density at radius 1 is 1.00 bits per heavy atom. The molecule has 0 saturated carbocycles. The van der Waals surface area contributed by atoms with Crippen molar-refractivity contribution in [2.75, 3.05) is 25.2 Å². The molecule has 0 amide bonds. The third-order valence-corrected chi connectivity index (χ3v) is 7.16. The molecular formula is C32H32FNO4. The summed E-state index contributed by atoms with van der Waals surface area (Å²) in [5.74, 6) is 0.0679. The molecule has 6 heteroatoms. The molecule has 0 bridgehead atoms. The summed E-state index contributed by atoms with van der Waals surface area (Å²) < 4.78 is 31.9. The van der Waals surface area contributed by atoms with Crippen LogP contribution >= 0.6 is 0 Å². The number of fused-ring (bicyclic) bond motifs is 2. The van der Waals surface area contributed by atoms with E-state index in [1.807, 2.05) is 29.2 Å². The molecule has 0 aliphatic carbocycles. The Hall–Kier alpha value is -4.06. The maximum atomic E-state index is 15.5. The molecule has 0 aromatic heterocycles. The van der Waals surface area contributed by atoms with Crippen molar-refractivity contribution in [3.8, 4) is 11.5 Å². The van der Waals surface area contributed by atoms with E-state index in [4.69, 9.17) is 9.47 Å². The molecule has 0 radical (unpaired) electrons. The van der Waals surface area contributed by atoms with Crippen LogP contribution in [0.4, 0.5) is 15.8 Å². The molecule has 38 heavy (non-hydrogen) atoms. The second-order valence-corrected chi connectivity index (χ2v) is 9.67. The molecule has 0 spiro atoms. The van der Waals surface area contributed by atoms with Gasteiger partial charge in [-0.2, -0.15) is 0 Å². The van der Waals surface area contributed by atoms with Crippen LogP contribution in [0.1, 0.15) is 37.7 Å². The summed E-state index contributed by atoms with van der Waals surface area (Å²) >= 11 is 0. The fourth-order valence-corrected chi connectivity index (χ4v) is 5.18. The summed E-state index contributed by atoms with van der Waals surface area (Å²) in [5.41, 5.74) is 2.56. The zero-order valence-corrected chi connectivity index (χ0v) is 21.7. The highest BCUT2D eigenvalue weighted by molar-refractivity contribution is 5.86. The number of anilines is 2. The van der Waals surface area contributed by atoms with Gasteiger partial charge in [0.2, 0.25) is 0 Å². The Balaban J connectivity index is 1.30. The van der Waals surface area contributed by atoms with Crippen LogP contribution in [0.5, 0.6) is 11.5 Å². The average Bonchev–Trinajstić information content (AvgIpc) is 2.95. The number of ether oxygens (including phenoxy) is 3. The smallest absolute Gasteiger partial charge is 0.343 e. The van der Waals surface area contributed by atoms with Gasteiger partial charge < -0.3 is 19.1 Å². The normalized spacial score (nSPS) is 15.4. The van der Waals surface area contributed by atoms with Crippen LogP contribution in [-0.4, -0.2) is 32.3 Å². The first-order valence-corrected chi connectivity index (χ1v) is 13.0. The second kappa shape index (κ2) is 11.5. The van der Waals surface area contributed by atoms with Crippen molar-refractivity contribution in [1.29, 1.82) is 0 Å². The Morgan fingerprint density at radius 2 is 1.74 bits per heavy atom. The van der Waals surface area contributed by atoms with Crippen LogP contribution in [0.2, 0.25) is 0 Å². The first-order valence-electron chi connectivity index (χ1n) is 13.0. The zero-order valence-electron chi connectivity index (χ0n) is 21.7. The van der Waals surface area contributed by atoms with Gasteiger partial charge in [-0.15, -0.1) is 0 Å². The fourth-order valence-electron chi connectivity index (χ4n) is 5.18. The number of halogens is 1. The van der Waals surface area contributed by atoms with Crippen molar-refractivity contribution < 1.29 is 23.4 Å². The van der Waals surface area contributed by atoms with E-state index in [1.165, 1.54) is 29.5 Å². The maximum Gasteiger partial charge on any atom is 0.343 e. The minimum atomic E-state index is -0.565. The van der Waals surface area contributed by atoms with Gasteiger partial charge >= 0.3 is 5.97 Å². The summed E-state index contributed by atoms with van der Waals surface area (Å²) in [5, 5.41) is 2.57. The van der Waals surface area contributed by atoms with E-state index >= 15 is 4.39 Å². The van der Waals surface area contributed by atoms with Crippen LogP contribution < -0.4 is 14.4 Å². The lowest BCUT2D eigenvalue weighted by Crippen LogP contribution is -2.37. The quantitative estimate of drug-likeness (QED) is 0.218. The third-order valence-electron chi connectivity index (χ3n) is 7.16. The van der Waals surface area contributed by atoms with Gasteiger partial charge in [0, 0.05) is 0 Å². The SMILES string of the molecule is COC(=O)COc1cccc(N2CC(CCC[C@H](C)c3cccc4ccccc34)Oc3ccccc32)c1F. The molecule has 5 nitrogen and oxygen atoms in total. The van der Waals surface area contributed by atoms with Gasteiger partial charge in [0.15, 0.2) is 18.2 Å². The highest BCUT2D eigenvalue weighted by Crippen LogP contribution is 2.41. The highest BCUT2D eigenvalue weighted by atomic mass is 19.1. The van der Waals surface area contributed by atoms with Crippen molar-refractivity contribution >= 4 is 28.1 Å². The summed E-state index contributed by atoms with van der Waals surface area (Å²) in [4.78, 5) is 13.4. The molecule has 4 aromatic rings. The van der Waals surface area contributed by atoms with Gasteiger partial charge in [0.05, 0.1) is 25.0 Å². The van der Waals surface area contributed by atoms with Gasteiger partial charge in [-0.05, 0) is 65.8 Å². The number of hydrogen-bond acceptors (Lipinski definition) is 5. The monoisotopic (exact) mass is 513 g/mol. The number of carbonyl (C=O) groups excluding carboxylic acids is 1. The standard InChI is InChI=1S/C32H32FNO4/c1-22(25-15-8-12-23-11-3-4-14-26(23)25)10-7-13-24-20-34(27-16-5-6-18-29(27)38-24)28-17-9-19-30(32(28)33)37-21-31(35)36-2/h3-6,8-9,11-12,14-19,22,24H,7,10,13,20-21H2,1-2H3/t22-,24?/m0/s1. The first kappa shape index (κ1) is 25.6. The molecule has 0 saturated heterocycles. The molecule has 1 aliphatic heterocycles. The first-order chi connectivity index (χ1) is 18.5. The van der Waals surface area contributed by atoms with Crippen molar-refractivity contribution in [3.63, 3.8) is 0 Å². The van der Waals surface area contributed by atoms with Crippen LogP contribution in [0.15, 0.2) is 84.9 Å². The predicted octanol–water partition coefficient (Wildman–Crippen LogP) is 7.40. The molecule has 0 N–H and O–H groups in total. The van der Waals surface area contributed by atoms with E-state index in [1.54, 1.807) is 12.1 Å². The number of rotatable bonds is 9. The maximum absolute atomic E-state index is 15.5. The van der Waals surface area contributed by atoms with Crippen LogP contribution in [-0.2, 0) is 9.53 Å². The van der Waals surface area contributed by atoms with E-state index in [0.717, 1.165) is 30.7 Å². The van der Waals surface area contributed by atoms with E-state index in [2.05, 4.69) is 54.1 Å². The van der Waals surface area contributed by atoms with Crippen LogP contribution in [0, 0.1) is 5.82 Å². The number of nitrogens with zero attached hydrogens (tertiary/aromatic N) is 1. The van der Waals surface area contributed by atoms with Crippen molar-refractivity contribution in [3.05, 3.63) is 96.3 Å². The summed E-state index contributed by atoms with van der Waals surface area (Å²) in [6.07, 6.45) is 2.76. The van der Waals surface area contributed by atoms with E-state index in [9.17, 15) is 4.79 Å².